The second-order valence-corrected chi connectivity index (χ2v) is 5.59. The second kappa shape index (κ2) is 5.43. The van der Waals surface area contributed by atoms with Crippen molar-refractivity contribution in [3.63, 3.8) is 0 Å². The Bertz CT molecular complexity index is 363. The highest BCUT2D eigenvalue weighted by Crippen LogP contribution is 2.37. The van der Waals surface area contributed by atoms with E-state index < -0.39 is 17.8 Å². The first kappa shape index (κ1) is 14.2. The van der Waals surface area contributed by atoms with E-state index in [4.69, 9.17) is 5.11 Å². The molecule has 4 nitrogen and oxygen atoms in total. The summed E-state index contributed by atoms with van der Waals surface area (Å²) in [5.41, 5.74) is 0. The number of alkyl halides is 2. The van der Waals surface area contributed by atoms with Crippen LogP contribution in [-0.2, 0) is 9.59 Å². The number of rotatable bonds is 2. The zero-order valence-corrected chi connectivity index (χ0v) is 10.8. The molecule has 1 saturated carbocycles. The Balaban J connectivity index is 1.91. The Morgan fingerprint density at radius 3 is 2.32 bits per heavy atom. The fraction of sp³-hybridized carbons (Fsp3) is 0.846. The minimum absolute atomic E-state index is 0.138. The van der Waals surface area contributed by atoms with Gasteiger partial charge in [0.05, 0.1) is 5.92 Å². The van der Waals surface area contributed by atoms with Crippen molar-refractivity contribution in [2.24, 2.45) is 11.8 Å². The van der Waals surface area contributed by atoms with Crippen LogP contribution in [0, 0.1) is 11.8 Å². The number of piperidine rings is 1. The number of halogens is 2. The Hall–Kier alpha value is -1.20. The Kier molecular flexibility index (Phi) is 4.06. The monoisotopic (exact) mass is 275 g/mol. The van der Waals surface area contributed by atoms with Crippen molar-refractivity contribution in [3.05, 3.63) is 0 Å². The average Bonchev–Trinajstić information content (AvgIpc) is 2.38. The molecule has 2 rings (SSSR count). The summed E-state index contributed by atoms with van der Waals surface area (Å²) in [7, 11) is 0. The lowest BCUT2D eigenvalue weighted by atomic mass is 9.85. The first-order chi connectivity index (χ1) is 8.89. The standard InChI is InChI=1S/C13H19F2NO3/c14-13(15)5-3-9(4-6-13)11(17)16-7-1-2-10(8-16)12(18)19/h9-10H,1-8H2,(H,18,19). The second-order valence-electron chi connectivity index (χ2n) is 5.59. The predicted octanol–water partition coefficient (Wildman–Crippen LogP) is 2.14. The van der Waals surface area contributed by atoms with Gasteiger partial charge in [0.2, 0.25) is 11.8 Å². The molecule has 1 N–H and O–H groups in total. The summed E-state index contributed by atoms with van der Waals surface area (Å²) < 4.78 is 26.1. The van der Waals surface area contributed by atoms with Crippen LogP contribution in [-0.4, -0.2) is 40.9 Å². The topological polar surface area (TPSA) is 57.6 Å². The molecule has 1 aliphatic heterocycles. The van der Waals surface area contributed by atoms with Crippen molar-refractivity contribution < 1.29 is 23.5 Å². The highest BCUT2D eigenvalue weighted by molar-refractivity contribution is 5.80. The van der Waals surface area contributed by atoms with Crippen LogP contribution >= 0.6 is 0 Å². The first-order valence-electron chi connectivity index (χ1n) is 6.78. The Morgan fingerprint density at radius 2 is 1.74 bits per heavy atom. The summed E-state index contributed by atoms with van der Waals surface area (Å²) in [4.78, 5) is 24.7. The number of carboxylic acids is 1. The van der Waals surface area contributed by atoms with Gasteiger partial charge in [-0.15, -0.1) is 0 Å². The molecule has 19 heavy (non-hydrogen) atoms. The molecule has 1 aliphatic carbocycles. The number of amides is 1. The third-order valence-electron chi connectivity index (χ3n) is 4.15. The molecule has 1 saturated heterocycles. The van der Waals surface area contributed by atoms with Crippen molar-refractivity contribution in [2.45, 2.75) is 44.4 Å². The van der Waals surface area contributed by atoms with Crippen molar-refractivity contribution in [1.82, 2.24) is 4.90 Å². The lowest BCUT2D eigenvalue weighted by molar-refractivity contribution is -0.148. The molecule has 0 spiro atoms. The van der Waals surface area contributed by atoms with E-state index in [9.17, 15) is 18.4 Å². The third kappa shape index (κ3) is 3.42. The van der Waals surface area contributed by atoms with E-state index in [0.29, 0.717) is 19.4 Å². The third-order valence-corrected chi connectivity index (χ3v) is 4.15. The predicted molar refractivity (Wildman–Crippen MR) is 63.8 cm³/mol. The van der Waals surface area contributed by atoms with Crippen LogP contribution in [0.3, 0.4) is 0 Å². The van der Waals surface area contributed by atoms with Crippen LogP contribution in [0.2, 0.25) is 0 Å². The number of aliphatic carboxylic acids is 1. The minimum Gasteiger partial charge on any atom is -0.481 e. The number of likely N-dealkylation sites (tertiary alicyclic amines) is 1. The van der Waals surface area contributed by atoms with Crippen molar-refractivity contribution in [3.8, 4) is 0 Å². The molecule has 1 amide bonds. The maximum absolute atomic E-state index is 13.0. The molecular weight excluding hydrogens is 256 g/mol. The number of nitrogens with zero attached hydrogens (tertiary/aromatic N) is 1. The maximum Gasteiger partial charge on any atom is 0.308 e. The van der Waals surface area contributed by atoms with Gasteiger partial charge in [0.1, 0.15) is 0 Å². The summed E-state index contributed by atoms with van der Waals surface area (Å²) in [5.74, 6) is -4.52. The smallest absolute Gasteiger partial charge is 0.308 e. The number of hydrogen-bond donors (Lipinski definition) is 1. The van der Waals surface area contributed by atoms with Gasteiger partial charge < -0.3 is 10.0 Å². The number of carbonyl (C=O) groups is 2. The van der Waals surface area contributed by atoms with Gasteiger partial charge in [0, 0.05) is 31.8 Å². The number of carboxylic acid groups (broad SMARTS) is 1. The van der Waals surface area contributed by atoms with Crippen molar-refractivity contribution >= 4 is 11.9 Å². The van der Waals surface area contributed by atoms with Crippen LogP contribution in [0.4, 0.5) is 8.78 Å². The minimum atomic E-state index is -2.64. The van der Waals surface area contributed by atoms with Crippen LogP contribution in [0.15, 0.2) is 0 Å². The van der Waals surface area contributed by atoms with Crippen LogP contribution < -0.4 is 0 Å². The fourth-order valence-corrected chi connectivity index (χ4v) is 2.92. The average molecular weight is 275 g/mol. The normalized spacial score (nSPS) is 28.1. The molecular formula is C13H19F2NO3. The van der Waals surface area contributed by atoms with Crippen molar-refractivity contribution in [1.29, 1.82) is 0 Å². The van der Waals surface area contributed by atoms with Gasteiger partial charge in [-0.2, -0.15) is 0 Å². The van der Waals surface area contributed by atoms with Crippen LogP contribution in [0.1, 0.15) is 38.5 Å². The SMILES string of the molecule is O=C(O)C1CCCN(C(=O)C2CCC(F)(F)CC2)C1. The quantitative estimate of drug-likeness (QED) is 0.840. The molecule has 0 bridgehead atoms. The van der Waals surface area contributed by atoms with E-state index in [2.05, 4.69) is 0 Å². The van der Waals surface area contributed by atoms with Crippen LogP contribution in [0.5, 0.6) is 0 Å². The fourth-order valence-electron chi connectivity index (χ4n) is 2.92. The summed E-state index contributed by atoms with van der Waals surface area (Å²) in [6, 6.07) is 0. The van der Waals surface area contributed by atoms with Crippen LogP contribution in [0.25, 0.3) is 0 Å². The molecule has 2 fully saturated rings. The summed E-state index contributed by atoms with van der Waals surface area (Å²) in [6.07, 6.45) is 1.20. The molecule has 1 atom stereocenters. The first-order valence-corrected chi connectivity index (χ1v) is 6.78. The molecule has 0 radical (unpaired) electrons. The van der Waals surface area contributed by atoms with E-state index in [1.165, 1.54) is 0 Å². The molecule has 6 heteroatoms. The molecule has 2 aliphatic rings. The lowest BCUT2D eigenvalue weighted by Gasteiger charge is -2.35. The molecule has 0 aromatic carbocycles. The van der Waals surface area contributed by atoms with Gasteiger partial charge >= 0.3 is 5.97 Å². The molecule has 1 heterocycles. The molecule has 108 valence electrons. The van der Waals surface area contributed by atoms with E-state index in [0.717, 1.165) is 0 Å². The summed E-state index contributed by atoms with van der Waals surface area (Å²) in [6.45, 7) is 0.774. The highest BCUT2D eigenvalue weighted by Gasteiger charge is 2.39. The lowest BCUT2D eigenvalue weighted by Crippen LogP contribution is -2.46. The highest BCUT2D eigenvalue weighted by atomic mass is 19.3. The maximum atomic E-state index is 13.0. The van der Waals surface area contributed by atoms with Gasteiger partial charge in [0.25, 0.3) is 0 Å². The van der Waals surface area contributed by atoms with Gasteiger partial charge in [-0.05, 0) is 25.7 Å². The van der Waals surface area contributed by atoms with Gasteiger partial charge in [-0.1, -0.05) is 0 Å². The zero-order valence-electron chi connectivity index (χ0n) is 10.8. The van der Waals surface area contributed by atoms with E-state index >= 15 is 0 Å². The Morgan fingerprint density at radius 1 is 1.11 bits per heavy atom. The molecule has 0 aromatic rings. The zero-order chi connectivity index (χ0) is 14.0. The van der Waals surface area contributed by atoms with Gasteiger partial charge in [-0.3, -0.25) is 9.59 Å². The van der Waals surface area contributed by atoms with Gasteiger partial charge in [-0.25, -0.2) is 8.78 Å². The number of carbonyl (C=O) groups excluding carboxylic acids is 1. The Labute approximate surface area is 110 Å². The van der Waals surface area contributed by atoms with Crippen molar-refractivity contribution in [2.75, 3.05) is 13.1 Å². The molecule has 1 unspecified atom stereocenters. The summed E-state index contributed by atoms with van der Waals surface area (Å²) in [5, 5.41) is 8.98. The summed E-state index contributed by atoms with van der Waals surface area (Å²) >= 11 is 0. The van der Waals surface area contributed by atoms with Gasteiger partial charge in [0.15, 0.2) is 0 Å². The van der Waals surface area contributed by atoms with E-state index in [1.54, 1.807) is 4.90 Å². The molecule has 0 aromatic heterocycles. The van der Waals surface area contributed by atoms with E-state index in [1.807, 2.05) is 0 Å². The number of hydrogen-bond acceptors (Lipinski definition) is 2. The van der Waals surface area contributed by atoms with E-state index in [-0.39, 0.29) is 44.1 Å². The largest absolute Gasteiger partial charge is 0.481 e.